The van der Waals surface area contributed by atoms with E-state index in [0.29, 0.717) is 11.3 Å². The lowest BCUT2D eigenvalue weighted by molar-refractivity contribution is -0.138. The molecule has 0 aliphatic heterocycles. The van der Waals surface area contributed by atoms with E-state index in [0.717, 1.165) is 0 Å². The Labute approximate surface area is 92.5 Å². The topological polar surface area (TPSA) is 66.3 Å². The lowest BCUT2D eigenvalue weighted by Crippen LogP contribution is -2.20. The van der Waals surface area contributed by atoms with Crippen LogP contribution in [0, 0.1) is 0 Å². The number of aliphatic carboxylic acids is 1. The molecule has 0 aliphatic rings. The molecular formula is C7H8F3N3O2S. The van der Waals surface area contributed by atoms with Gasteiger partial charge in [0.1, 0.15) is 0 Å². The molecule has 1 heterocycles. The Bertz CT molecular complexity index is 379. The minimum absolute atomic E-state index is 0.0496. The summed E-state index contributed by atoms with van der Waals surface area (Å²) in [7, 11) is 1.46. The first-order valence-corrected chi connectivity index (χ1v) is 4.96. The van der Waals surface area contributed by atoms with Gasteiger partial charge in [0.15, 0.2) is 0 Å². The van der Waals surface area contributed by atoms with Crippen LogP contribution in [0.25, 0.3) is 0 Å². The number of rotatable bonds is 4. The molecule has 9 heteroatoms. The Morgan fingerprint density at radius 3 is 2.56 bits per heavy atom. The Balaban J connectivity index is 2.67. The minimum atomic E-state index is -4.51. The number of carbonyl (C=O) groups is 1. The zero-order chi connectivity index (χ0) is 12.3. The summed E-state index contributed by atoms with van der Waals surface area (Å²) in [6.07, 6.45) is -4.68. The molecule has 0 saturated heterocycles. The van der Waals surface area contributed by atoms with Gasteiger partial charge in [-0.25, -0.2) is 0 Å². The van der Waals surface area contributed by atoms with Crippen LogP contribution in [-0.2, 0) is 11.0 Å². The van der Waals surface area contributed by atoms with Gasteiger partial charge in [-0.1, -0.05) is 11.3 Å². The first-order valence-electron chi connectivity index (χ1n) is 4.14. The molecule has 0 bridgehead atoms. The average Bonchev–Trinajstić information content (AvgIpc) is 2.61. The van der Waals surface area contributed by atoms with Crippen molar-refractivity contribution in [2.24, 2.45) is 0 Å². The van der Waals surface area contributed by atoms with Gasteiger partial charge in [0.25, 0.3) is 0 Å². The largest absolute Gasteiger partial charge is 0.481 e. The van der Waals surface area contributed by atoms with Gasteiger partial charge < -0.3 is 10.0 Å². The van der Waals surface area contributed by atoms with Gasteiger partial charge in [-0.05, 0) is 0 Å². The number of halogens is 3. The van der Waals surface area contributed by atoms with Gasteiger partial charge in [0, 0.05) is 13.6 Å². The molecule has 0 spiro atoms. The second-order valence-electron chi connectivity index (χ2n) is 2.95. The fourth-order valence-electron chi connectivity index (χ4n) is 0.843. The molecule has 0 saturated carbocycles. The van der Waals surface area contributed by atoms with Gasteiger partial charge in [-0.15, -0.1) is 10.2 Å². The van der Waals surface area contributed by atoms with Gasteiger partial charge in [0.05, 0.1) is 6.42 Å². The van der Waals surface area contributed by atoms with Crippen molar-refractivity contribution in [2.75, 3.05) is 18.5 Å². The summed E-state index contributed by atoms with van der Waals surface area (Å²) >= 11 is 0.385. The predicted molar refractivity (Wildman–Crippen MR) is 50.4 cm³/mol. The van der Waals surface area contributed by atoms with E-state index in [1.807, 2.05) is 0 Å². The van der Waals surface area contributed by atoms with Crippen molar-refractivity contribution < 1.29 is 23.1 Å². The predicted octanol–water partition coefficient (Wildman–Crippen LogP) is 1.47. The van der Waals surface area contributed by atoms with E-state index in [-0.39, 0.29) is 18.1 Å². The summed E-state index contributed by atoms with van der Waals surface area (Å²) in [6.45, 7) is 0.0851. The molecule has 0 amide bonds. The van der Waals surface area contributed by atoms with Crippen LogP contribution in [0.3, 0.4) is 0 Å². The second-order valence-corrected chi connectivity index (χ2v) is 3.91. The first kappa shape index (κ1) is 12.7. The SMILES string of the molecule is CN(CCC(=O)O)c1nnc(C(F)(F)F)s1. The number of aromatic nitrogens is 2. The van der Waals surface area contributed by atoms with Crippen LogP contribution in [0.2, 0.25) is 0 Å². The third kappa shape index (κ3) is 3.33. The van der Waals surface area contributed by atoms with Crippen LogP contribution in [0.1, 0.15) is 11.4 Å². The van der Waals surface area contributed by atoms with E-state index in [4.69, 9.17) is 5.11 Å². The average molecular weight is 255 g/mol. The Hall–Kier alpha value is -1.38. The monoisotopic (exact) mass is 255 g/mol. The fraction of sp³-hybridized carbons (Fsp3) is 0.571. The quantitative estimate of drug-likeness (QED) is 0.882. The van der Waals surface area contributed by atoms with Crippen LogP contribution in [0.4, 0.5) is 18.3 Å². The Morgan fingerprint density at radius 2 is 2.12 bits per heavy atom. The van der Waals surface area contributed by atoms with Crippen LogP contribution >= 0.6 is 11.3 Å². The molecule has 0 fully saturated rings. The number of nitrogens with zero attached hydrogens (tertiary/aromatic N) is 3. The van der Waals surface area contributed by atoms with Crippen LogP contribution in [-0.4, -0.2) is 34.9 Å². The van der Waals surface area contributed by atoms with Crippen molar-refractivity contribution in [3.05, 3.63) is 5.01 Å². The molecule has 0 unspecified atom stereocenters. The molecule has 5 nitrogen and oxygen atoms in total. The summed E-state index contributed by atoms with van der Waals surface area (Å²) in [4.78, 5) is 11.6. The molecule has 0 aromatic carbocycles. The maximum Gasteiger partial charge on any atom is 0.445 e. The third-order valence-corrected chi connectivity index (χ3v) is 2.73. The summed E-state index contributed by atoms with van der Waals surface area (Å²) in [5.41, 5.74) is 0. The highest BCUT2D eigenvalue weighted by Gasteiger charge is 2.36. The lowest BCUT2D eigenvalue weighted by Gasteiger charge is -2.12. The number of hydrogen-bond acceptors (Lipinski definition) is 5. The van der Waals surface area contributed by atoms with E-state index in [1.54, 1.807) is 0 Å². The van der Waals surface area contributed by atoms with E-state index >= 15 is 0 Å². The number of carboxylic acid groups (broad SMARTS) is 1. The minimum Gasteiger partial charge on any atom is -0.481 e. The lowest BCUT2D eigenvalue weighted by atomic mass is 10.4. The van der Waals surface area contributed by atoms with Crippen LogP contribution in [0.5, 0.6) is 0 Å². The molecular weight excluding hydrogens is 247 g/mol. The van der Waals surface area contributed by atoms with E-state index in [2.05, 4.69) is 10.2 Å². The van der Waals surface area contributed by atoms with Crippen molar-refractivity contribution in [1.82, 2.24) is 10.2 Å². The van der Waals surface area contributed by atoms with Crippen molar-refractivity contribution in [2.45, 2.75) is 12.6 Å². The smallest absolute Gasteiger partial charge is 0.445 e. The summed E-state index contributed by atoms with van der Waals surface area (Å²) in [5, 5.41) is 13.7. The van der Waals surface area contributed by atoms with Crippen molar-refractivity contribution in [3.8, 4) is 0 Å². The molecule has 90 valence electrons. The molecule has 0 aliphatic carbocycles. The van der Waals surface area contributed by atoms with Crippen molar-refractivity contribution >= 4 is 22.4 Å². The summed E-state index contributed by atoms with van der Waals surface area (Å²) < 4.78 is 36.5. The summed E-state index contributed by atoms with van der Waals surface area (Å²) in [5.74, 6) is -1.02. The van der Waals surface area contributed by atoms with Gasteiger partial charge >= 0.3 is 12.1 Å². The molecule has 1 rings (SSSR count). The zero-order valence-corrected chi connectivity index (χ0v) is 8.97. The molecule has 1 aromatic heterocycles. The van der Waals surface area contributed by atoms with Gasteiger partial charge in [-0.3, -0.25) is 4.79 Å². The van der Waals surface area contributed by atoms with Crippen LogP contribution < -0.4 is 4.90 Å². The third-order valence-electron chi connectivity index (χ3n) is 1.64. The molecule has 0 radical (unpaired) electrons. The van der Waals surface area contributed by atoms with Crippen LogP contribution in [0.15, 0.2) is 0 Å². The van der Waals surface area contributed by atoms with Gasteiger partial charge in [0.2, 0.25) is 10.1 Å². The number of anilines is 1. The number of carboxylic acids is 1. The standard InChI is InChI=1S/C7H8F3N3O2S/c1-13(3-2-4(14)15)6-12-11-5(16-6)7(8,9)10/h2-3H2,1H3,(H,14,15). The number of alkyl halides is 3. The molecule has 0 atom stereocenters. The van der Waals surface area contributed by atoms with E-state index < -0.39 is 17.2 Å². The number of hydrogen-bond donors (Lipinski definition) is 1. The molecule has 1 N–H and O–H groups in total. The maximum atomic E-state index is 12.2. The molecule has 16 heavy (non-hydrogen) atoms. The maximum absolute atomic E-state index is 12.2. The van der Waals surface area contributed by atoms with Gasteiger partial charge in [-0.2, -0.15) is 13.2 Å². The fourth-order valence-corrected chi connectivity index (χ4v) is 1.54. The molecule has 1 aromatic rings. The second kappa shape index (κ2) is 4.64. The highest BCUT2D eigenvalue weighted by atomic mass is 32.1. The normalized spacial score (nSPS) is 11.5. The van der Waals surface area contributed by atoms with E-state index in [1.165, 1.54) is 11.9 Å². The highest BCUT2D eigenvalue weighted by Crippen LogP contribution is 2.33. The first-order chi connectivity index (χ1) is 7.30. The van der Waals surface area contributed by atoms with Crippen molar-refractivity contribution in [1.29, 1.82) is 0 Å². The Morgan fingerprint density at radius 1 is 1.50 bits per heavy atom. The van der Waals surface area contributed by atoms with E-state index in [9.17, 15) is 18.0 Å². The summed E-state index contributed by atoms with van der Waals surface area (Å²) in [6, 6.07) is 0. The Kier molecular flexibility index (Phi) is 3.68. The zero-order valence-electron chi connectivity index (χ0n) is 8.15. The highest BCUT2D eigenvalue weighted by molar-refractivity contribution is 7.15. The van der Waals surface area contributed by atoms with Crippen molar-refractivity contribution in [3.63, 3.8) is 0 Å².